The molecule has 0 fully saturated rings. The molecule has 0 radical (unpaired) electrons. The van der Waals surface area contributed by atoms with Crippen LogP contribution in [0.5, 0.6) is 5.88 Å². The zero-order valence-corrected chi connectivity index (χ0v) is 13.6. The number of aromatic nitrogens is 4. The van der Waals surface area contributed by atoms with E-state index in [1.165, 1.54) is 11.3 Å². The number of benzene rings is 1. The van der Waals surface area contributed by atoms with Crippen molar-refractivity contribution in [1.29, 1.82) is 0 Å². The van der Waals surface area contributed by atoms with Crippen LogP contribution in [0.25, 0.3) is 5.69 Å². The van der Waals surface area contributed by atoms with E-state index in [1.807, 2.05) is 30.3 Å². The van der Waals surface area contributed by atoms with Crippen molar-refractivity contribution in [2.45, 2.75) is 6.92 Å². The molecule has 0 aliphatic heterocycles. The number of carbonyl (C=O) groups excluding carboxylic acids is 1. The molecule has 9 heteroatoms. The normalized spacial score (nSPS) is 10.5. The van der Waals surface area contributed by atoms with E-state index >= 15 is 0 Å². The van der Waals surface area contributed by atoms with Gasteiger partial charge >= 0.3 is 0 Å². The fourth-order valence-corrected chi connectivity index (χ4v) is 2.58. The molecule has 0 unspecified atom stereocenters. The van der Waals surface area contributed by atoms with Crippen molar-refractivity contribution in [1.82, 2.24) is 20.0 Å². The summed E-state index contributed by atoms with van der Waals surface area (Å²) in [6, 6.07) is 9.46. The molecule has 2 heterocycles. The summed E-state index contributed by atoms with van der Waals surface area (Å²) in [4.78, 5) is 11.8. The minimum atomic E-state index is -0.355. The van der Waals surface area contributed by atoms with Crippen LogP contribution < -0.4 is 10.1 Å². The molecule has 118 valence electrons. The molecule has 23 heavy (non-hydrogen) atoms. The van der Waals surface area contributed by atoms with E-state index in [0.717, 1.165) is 10.7 Å². The second kappa shape index (κ2) is 6.76. The highest BCUT2D eigenvalue weighted by molar-refractivity contribution is 7.15. The minimum Gasteiger partial charge on any atom is -0.465 e. The molecule has 0 saturated heterocycles. The van der Waals surface area contributed by atoms with Crippen molar-refractivity contribution < 1.29 is 9.53 Å². The molecule has 0 bridgehead atoms. The Bertz CT molecular complexity index is 818. The molecule has 7 nitrogen and oxygen atoms in total. The smallest absolute Gasteiger partial charge is 0.264 e. The summed E-state index contributed by atoms with van der Waals surface area (Å²) < 4.78 is 6.95. The zero-order valence-electron chi connectivity index (χ0n) is 12.1. The number of carbonyl (C=O) groups is 1. The van der Waals surface area contributed by atoms with Gasteiger partial charge in [-0.15, -0.1) is 15.3 Å². The first kappa shape index (κ1) is 15.4. The average molecular weight is 350 g/mol. The van der Waals surface area contributed by atoms with Gasteiger partial charge in [0.1, 0.15) is 10.0 Å². The second-order valence-electron chi connectivity index (χ2n) is 4.53. The first-order valence-electron chi connectivity index (χ1n) is 6.65. The van der Waals surface area contributed by atoms with Crippen LogP contribution in [0.2, 0.25) is 5.02 Å². The monoisotopic (exact) mass is 349 g/mol. The lowest BCUT2D eigenvalue weighted by molar-refractivity contribution is -0.118. The maximum absolute atomic E-state index is 11.8. The van der Waals surface area contributed by atoms with Gasteiger partial charge in [-0.3, -0.25) is 10.1 Å². The summed E-state index contributed by atoms with van der Waals surface area (Å²) >= 11 is 7.37. The lowest BCUT2D eigenvalue weighted by Gasteiger charge is -2.03. The first-order valence-corrected chi connectivity index (χ1v) is 7.84. The van der Waals surface area contributed by atoms with Crippen LogP contribution in [-0.2, 0) is 4.79 Å². The number of nitrogens with one attached hydrogen (secondary N) is 1. The number of anilines is 1. The zero-order chi connectivity index (χ0) is 16.2. The molecule has 1 aromatic carbocycles. The van der Waals surface area contributed by atoms with Crippen molar-refractivity contribution in [2.24, 2.45) is 0 Å². The average Bonchev–Trinajstić information content (AvgIpc) is 3.12. The molecule has 3 rings (SSSR count). The highest BCUT2D eigenvalue weighted by Crippen LogP contribution is 2.24. The molecule has 0 saturated carbocycles. The van der Waals surface area contributed by atoms with Gasteiger partial charge in [-0.2, -0.15) is 0 Å². The first-order chi connectivity index (χ1) is 11.1. The lowest BCUT2D eigenvalue weighted by atomic mass is 10.3. The molecular formula is C14H12ClN5O2S. The third kappa shape index (κ3) is 3.85. The Balaban J connectivity index is 1.62. The highest BCUT2D eigenvalue weighted by atomic mass is 35.5. The van der Waals surface area contributed by atoms with E-state index in [-0.39, 0.29) is 18.4 Å². The Hall–Kier alpha value is -2.45. The second-order valence-corrected chi connectivity index (χ2v) is 6.11. The topological polar surface area (TPSA) is 81.9 Å². The minimum absolute atomic E-state index is 0.194. The molecule has 0 spiro atoms. The summed E-state index contributed by atoms with van der Waals surface area (Å²) in [7, 11) is 0. The summed E-state index contributed by atoms with van der Waals surface area (Å²) in [6.07, 6.45) is 1.62. The summed E-state index contributed by atoms with van der Waals surface area (Å²) in [5.41, 5.74) is 0.845. The molecule has 3 aromatic rings. The highest BCUT2D eigenvalue weighted by Gasteiger charge is 2.12. The van der Waals surface area contributed by atoms with Crippen molar-refractivity contribution in [3.8, 4) is 11.6 Å². The standard InChI is InChI=1S/C14H12ClN5O2S/c1-9-17-18-14(23-9)16-12(21)8-22-13-11(15)7-20(19-13)10-5-3-2-4-6-10/h2-7H,8H2,1H3,(H,16,18,21). The Morgan fingerprint density at radius 1 is 1.35 bits per heavy atom. The van der Waals surface area contributed by atoms with Gasteiger partial charge in [-0.05, 0) is 19.1 Å². The van der Waals surface area contributed by atoms with E-state index in [4.69, 9.17) is 16.3 Å². The summed E-state index contributed by atoms with van der Waals surface area (Å²) in [6.45, 7) is 1.59. The van der Waals surface area contributed by atoms with Crippen LogP contribution >= 0.6 is 22.9 Å². The SMILES string of the molecule is Cc1nnc(NC(=O)COc2nn(-c3ccccc3)cc2Cl)s1. The molecule has 1 amide bonds. The maximum atomic E-state index is 11.8. The number of aryl methyl sites for hydroxylation is 1. The van der Waals surface area contributed by atoms with Gasteiger partial charge in [0.25, 0.3) is 11.8 Å². The van der Waals surface area contributed by atoms with Crippen molar-refractivity contribution in [3.05, 3.63) is 46.6 Å². The van der Waals surface area contributed by atoms with Gasteiger partial charge in [0, 0.05) is 0 Å². The van der Waals surface area contributed by atoms with E-state index < -0.39 is 0 Å². The van der Waals surface area contributed by atoms with Crippen molar-refractivity contribution in [2.75, 3.05) is 11.9 Å². The van der Waals surface area contributed by atoms with Gasteiger partial charge in [0.05, 0.1) is 11.9 Å². The van der Waals surface area contributed by atoms with Crippen LogP contribution in [0, 0.1) is 6.92 Å². The summed E-state index contributed by atoms with van der Waals surface area (Å²) in [5, 5.41) is 16.0. The number of para-hydroxylation sites is 1. The fourth-order valence-electron chi connectivity index (χ4n) is 1.78. The maximum Gasteiger partial charge on any atom is 0.264 e. The van der Waals surface area contributed by atoms with Crippen LogP contribution in [0.3, 0.4) is 0 Å². The molecular weight excluding hydrogens is 338 g/mol. The van der Waals surface area contributed by atoms with Gasteiger partial charge in [0.15, 0.2) is 6.61 Å². The van der Waals surface area contributed by atoms with Gasteiger partial charge in [-0.1, -0.05) is 41.1 Å². The predicted molar refractivity (Wildman–Crippen MR) is 87.3 cm³/mol. The molecule has 0 aliphatic rings. The number of hydrogen-bond donors (Lipinski definition) is 1. The van der Waals surface area contributed by atoms with Gasteiger partial charge in [0.2, 0.25) is 5.13 Å². The molecule has 1 N–H and O–H groups in total. The van der Waals surface area contributed by atoms with Gasteiger partial charge < -0.3 is 4.74 Å². The fraction of sp³-hybridized carbons (Fsp3) is 0.143. The number of ether oxygens (including phenoxy) is 1. The van der Waals surface area contributed by atoms with Crippen molar-refractivity contribution in [3.63, 3.8) is 0 Å². The molecule has 0 aliphatic carbocycles. The number of nitrogens with zero attached hydrogens (tertiary/aromatic N) is 4. The van der Waals surface area contributed by atoms with Gasteiger partial charge in [-0.25, -0.2) is 4.68 Å². The number of hydrogen-bond acceptors (Lipinski definition) is 6. The molecule has 2 aromatic heterocycles. The van der Waals surface area contributed by atoms with Crippen molar-refractivity contribution >= 4 is 34.0 Å². The number of halogens is 1. The lowest BCUT2D eigenvalue weighted by Crippen LogP contribution is -2.20. The third-order valence-electron chi connectivity index (χ3n) is 2.77. The Morgan fingerprint density at radius 2 is 2.13 bits per heavy atom. The van der Waals surface area contributed by atoms with Crippen LogP contribution in [0.15, 0.2) is 36.5 Å². The van der Waals surface area contributed by atoms with Crippen LogP contribution in [0.1, 0.15) is 5.01 Å². The quantitative estimate of drug-likeness (QED) is 0.765. The van der Waals surface area contributed by atoms with E-state index in [9.17, 15) is 4.79 Å². The Labute approximate surface area is 140 Å². The van der Waals surface area contributed by atoms with Crippen LogP contribution in [0.4, 0.5) is 5.13 Å². The number of rotatable bonds is 5. The summed E-state index contributed by atoms with van der Waals surface area (Å²) in [5.74, 6) is -0.161. The van der Waals surface area contributed by atoms with E-state index in [1.54, 1.807) is 17.8 Å². The Kier molecular flexibility index (Phi) is 4.54. The third-order valence-corrected chi connectivity index (χ3v) is 3.78. The van der Waals surface area contributed by atoms with E-state index in [2.05, 4.69) is 20.6 Å². The molecule has 0 atom stereocenters. The predicted octanol–water partition coefficient (Wildman–Crippen LogP) is 2.70. The largest absolute Gasteiger partial charge is 0.465 e. The van der Waals surface area contributed by atoms with E-state index in [0.29, 0.717) is 10.2 Å². The number of amides is 1. The Morgan fingerprint density at radius 3 is 2.83 bits per heavy atom. The van der Waals surface area contributed by atoms with Crippen LogP contribution in [-0.4, -0.2) is 32.5 Å².